The summed E-state index contributed by atoms with van der Waals surface area (Å²) in [6, 6.07) is 14.1. The maximum atomic E-state index is 12.2. The maximum Gasteiger partial charge on any atom is 0.205 e. The van der Waals surface area contributed by atoms with Gasteiger partial charge in [-0.3, -0.25) is 4.79 Å². The fourth-order valence-corrected chi connectivity index (χ4v) is 1.94. The van der Waals surface area contributed by atoms with Crippen LogP contribution in [0.3, 0.4) is 0 Å². The van der Waals surface area contributed by atoms with Crippen LogP contribution in [0.25, 0.3) is 0 Å². The van der Waals surface area contributed by atoms with Crippen LogP contribution in [0.5, 0.6) is 11.5 Å². The van der Waals surface area contributed by atoms with Gasteiger partial charge >= 0.3 is 0 Å². The van der Waals surface area contributed by atoms with Crippen molar-refractivity contribution in [2.24, 2.45) is 0 Å². The van der Waals surface area contributed by atoms with Gasteiger partial charge < -0.3 is 14.8 Å². The highest BCUT2D eigenvalue weighted by atomic mass is 35.5. The van der Waals surface area contributed by atoms with Gasteiger partial charge in [-0.25, -0.2) is 0 Å². The predicted octanol–water partition coefficient (Wildman–Crippen LogP) is 4.08. The van der Waals surface area contributed by atoms with Crippen LogP contribution in [0.15, 0.2) is 59.8 Å². The lowest BCUT2D eigenvalue weighted by molar-refractivity contribution is 0.104. The second kappa shape index (κ2) is 7.52. The van der Waals surface area contributed by atoms with Crippen molar-refractivity contribution < 1.29 is 14.3 Å². The van der Waals surface area contributed by atoms with Gasteiger partial charge in [0.05, 0.1) is 14.2 Å². The number of carbonyl (C=O) groups excluding carboxylic acids is 1. The lowest BCUT2D eigenvalue weighted by atomic mass is 10.1. The van der Waals surface area contributed by atoms with Crippen LogP contribution in [0, 0.1) is 0 Å². The van der Waals surface area contributed by atoms with E-state index in [1.54, 1.807) is 38.5 Å². The molecule has 0 fully saturated rings. The van der Waals surface area contributed by atoms with Crippen LogP contribution >= 0.6 is 11.6 Å². The van der Waals surface area contributed by atoms with Crippen LogP contribution in [0.4, 0.5) is 5.69 Å². The maximum absolute atomic E-state index is 12.2. The van der Waals surface area contributed by atoms with Crippen molar-refractivity contribution in [3.05, 3.63) is 65.3 Å². The number of ketones is 1. The Hall–Kier alpha value is -2.46. The van der Waals surface area contributed by atoms with Crippen molar-refractivity contribution >= 4 is 23.1 Å². The molecule has 0 aliphatic heterocycles. The third kappa shape index (κ3) is 4.02. The molecule has 4 nitrogen and oxygen atoms in total. The van der Waals surface area contributed by atoms with Gasteiger partial charge in [0.15, 0.2) is 0 Å². The summed E-state index contributed by atoms with van der Waals surface area (Å²) in [7, 11) is 3.18. The molecule has 22 heavy (non-hydrogen) atoms. The molecule has 0 spiro atoms. The quantitative estimate of drug-likeness (QED) is 0.644. The summed E-state index contributed by atoms with van der Waals surface area (Å²) in [6.45, 7) is 0. The SMILES string of the molecule is COc1ccc(N/C=C(\Cl)C(=O)c2ccc(OC)cc2)cc1. The summed E-state index contributed by atoms with van der Waals surface area (Å²) in [6.07, 6.45) is 1.47. The van der Waals surface area contributed by atoms with Crippen LogP contribution in [0.2, 0.25) is 0 Å². The van der Waals surface area contributed by atoms with Gasteiger partial charge in [-0.2, -0.15) is 0 Å². The summed E-state index contributed by atoms with van der Waals surface area (Å²) in [5.41, 5.74) is 1.31. The summed E-state index contributed by atoms with van der Waals surface area (Å²) in [5.74, 6) is 1.19. The summed E-state index contributed by atoms with van der Waals surface area (Å²) in [5, 5.41) is 3.07. The summed E-state index contributed by atoms with van der Waals surface area (Å²) >= 11 is 6.04. The fraction of sp³-hybridized carbons (Fsp3) is 0.118. The highest BCUT2D eigenvalue weighted by molar-refractivity contribution is 6.45. The molecule has 0 saturated carbocycles. The van der Waals surface area contributed by atoms with Gasteiger partial charge in [-0.1, -0.05) is 11.6 Å². The molecule has 0 aliphatic carbocycles. The first kappa shape index (κ1) is 15.9. The van der Waals surface area contributed by atoms with Crippen molar-refractivity contribution in [3.63, 3.8) is 0 Å². The molecule has 5 heteroatoms. The average Bonchev–Trinajstić information content (AvgIpc) is 2.59. The van der Waals surface area contributed by atoms with E-state index in [1.807, 2.05) is 24.3 Å². The minimum Gasteiger partial charge on any atom is -0.497 e. The lowest BCUT2D eigenvalue weighted by Gasteiger charge is -2.05. The number of allylic oxidation sites excluding steroid dienone is 1. The summed E-state index contributed by atoms with van der Waals surface area (Å²) in [4.78, 5) is 12.2. The van der Waals surface area contributed by atoms with E-state index in [4.69, 9.17) is 21.1 Å². The standard InChI is InChI=1S/C17H16ClNO3/c1-21-14-7-3-12(4-8-14)17(20)16(18)11-19-13-5-9-15(22-2)10-6-13/h3-11,19H,1-2H3/b16-11-. The fourth-order valence-electron chi connectivity index (χ4n) is 1.78. The zero-order valence-electron chi connectivity index (χ0n) is 12.3. The largest absolute Gasteiger partial charge is 0.497 e. The lowest BCUT2D eigenvalue weighted by Crippen LogP contribution is -2.01. The molecule has 0 amide bonds. The van der Waals surface area contributed by atoms with E-state index < -0.39 is 0 Å². The van der Waals surface area contributed by atoms with Crippen LogP contribution in [0.1, 0.15) is 10.4 Å². The van der Waals surface area contributed by atoms with Crippen molar-refractivity contribution in [1.82, 2.24) is 0 Å². The Morgan fingerprint density at radius 3 is 1.95 bits per heavy atom. The smallest absolute Gasteiger partial charge is 0.205 e. The molecule has 2 rings (SSSR count). The number of nitrogens with one attached hydrogen (secondary N) is 1. The number of ether oxygens (including phenoxy) is 2. The van der Waals surface area contributed by atoms with E-state index in [1.165, 1.54) is 6.20 Å². The molecule has 114 valence electrons. The van der Waals surface area contributed by atoms with Gasteiger partial charge in [0.2, 0.25) is 5.78 Å². The van der Waals surface area contributed by atoms with Gasteiger partial charge in [0, 0.05) is 17.5 Å². The van der Waals surface area contributed by atoms with E-state index in [0.717, 1.165) is 11.4 Å². The van der Waals surface area contributed by atoms with Gasteiger partial charge in [0.1, 0.15) is 16.5 Å². The number of anilines is 1. The Balaban J connectivity index is 2.04. The highest BCUT2D eigenvalue weighted by Crippen LogP contribution is 2.18. The Labute approximate surface area is 134 Å². The molecule has 0 saturated heterocycles. The molecule has 2 aromatic rings. The number of rotatable bonds is 6. The van der Waals surface area contributed by atoms with E-state index >= 15 is 0 Å². The molecule has 2 aromatic carbocycles. The van der Waals surface area contributed by atoms with Gasteiger partial charge in [-0.15, -0.1) is 0 Å². The van der Waals surface area contributed by atoms with E-state index in [2.05, 4.69) is 5.32 Å². The monoisotopic (exact) mass is 317 g/mol. The predicted molar refractivity (Wildman–Crippen MR) is 87.9 cm³/mol. The molecule has 0 atom stereocenters. The molecule has 0 bridgehead atoms. The molecule has 1 N–H and O–H groups in total. The number of methoxy groups -OCH3 is 2. The third-order valence-corrected chi connectivity index (χ3v) is 3.31. The first-order chi connectivity index (χ1) is 10.6. The topological polar surface area (TPSA) is 47.6 Å². The van der Waals surface area contributed by atoms with Crippen molar-refractivity contribution in [1.29, 1.82) is 0 Å². The number of hydrogen-bond acceptors (Lipinski definition) is 4. The Morgan fingerprint density at radius 1 is 0.955 bits per heavy atom. The molecular weight excluding hydrogens is 302 g/mol. The minimum absolute atomic E-state index is 0.0981. The van der Waals surface area contributed by atoms with Crippen LogP contribution in [-0.2, 0) is 0 Å². The third-order valence-electron chi connectivity index (χ3n) is 3.02. The van der Waals surface area contributed by atoms with E-state index in [-0.39, 0.29) is 10.8 Å². The zero-order valence-corrected chi connectivity index (χ0v) is 13.1. The molecule has 0 heterocycles. The summed E-state index contributed by atoms with van der Waals surface area (Å²) < 4.78 is 10.1. The zero-order chi connectivity index (χ0) is 15.9. The number of benzene rings is 2. The van der Waals surface area contributed by atoms with Crippen molar-refractivity contribution in [3.8, 4) is 11.5 Å². The second-order valence-corrected chi connectivity index (χ2v) is 4.83. The Morgan fingerprint density at radius 2 is 1.45 bits per heavy atom. The van der Waals surface area contributed by atoms with Gasteiger partial charge in [0.25, 0.3) is 0 Å². The normalized spacial score (nSPS) is 11.0. The van der Waals surface area contributed by atoms with Crippen molar-refractivity contribution in [2.45, 2.75) is 0 Å². The Bertz CT molecular complexity index is 663. The second-order valence-electron chi connectivity index (χ2n) is 4.42. The number of carbonyl (C=O) groups is 1. The molecule has 0 aliphatic rings. The average molecular weight is 318 g/mol. The van der Waals surface area contributed by atoms with Crippen LogP contribution in [-0.4, -0.2) is 20.0 Å². The van der Waals surface area contributed by atoms with Gasteiger partial charge in [-0.05, 0) is 48.5 Å². The first-order valence-electron chi connectivity index (χ1n) is 6.59. The highest BCUT2D eigenvalue weighted by Gasteiger charge is 2.10. The van der Waals surface area contributed by atoms with Crippen LogP contribution < -0.4 is 14.8 Å². The molecule has 0 aromatic heterocycles. The number of Topliss-reactive ketones (excluding diaryl/α,β-unsaturated/α-hetero) is 1. The Kier molecular flexibility index (Phi) is 5.44. The molecule has 0 radical (unpaired) electrons. The van der Waals surface area contributed by atoms with Crippen molar-refractivity contribution in [2.75, 3.05) is 19.5 Å². The minimum atomic E-state index is -0.259. The van der Waals surface area contributed by atoms with E-state index in [0.29, 0.717) is 11.3 Å². The first-order valence-corrected chi connectivity index (χ1v) is 6.97. The molecular formula is C17H16ClNO3. The number of halogens is 1. The number of hydrogen-bond donors (Lipinski definition) is 1. The molecule has 0 unspecified atom stereocenters. The van der Waals surface area contributed by atoms with E-state index in [9.17, 15) is 4.79 Å².